The van der Waals surface area contributed by atoms with Gasteiger partial charge in [0.1, 0.15) is 11.9 Å². The molecular formula is C16H24N6O4. The maximum Gasteiger partial charge on any atom is 0.405 e. The molecule has 2 aliphatic heterocycles. The Labute approximate surface area is 151 Å². The van der Waals surface area contributed by atoms with Crippen molar-refractivity contribution in [1.82, 2.24) is 29.8 Å². The number of carbonyl (C=O) groups is 3. The fourth-order valence-electron chi connectivity index (χ4n) is 3.42. The second kappa shape index (κ2) is 6.94. The SMILES string of the molecule is Cc1ncc2n1C(=O)N(N1CCN(C(=O)[C@H](NC(=O)O)C(C)C)CC1)C2. The number of nitrogens with zero attached hydrogens (tertiary/aromatic N) is 5. The van der Waals surface area contributed by atoms with Crippen LogP contribution in [0, 0.1) is 12.8 Å². The van der Waals surface area contributed by atoms with E-state index in [2.05, 4.69) is 10.3 Å². The maximum atomic E-state index is 12.6. The number of carbonyl (C=O) groups excluding carboxylic acids is 2. The smallest absolute Gasteiger partial charge is 0.405 e. The summed E-state index contributed by atoms with van der Waals surface area (Å²) in [6.45, 7) is 7.81. The quantitative estimate of drug-likeness (QED) is 0.796. The maximum absolute atomic E-state index is 12.6. The lowest BCUT2D eigenvalue weighted by molar-refractivity contribution is -0.138. The third-order valence-electron chi connectivity index (χ3n) is 4.86. The zero-order valence-electron chi connectivity index (χ0n) is 15.2. The average Bonchev–Trinajstić information content (AvgIpc) is 3.12. The van der Waals surface area contributed by atoms with E-state index in [1.165, 1.54) is 0 Å². The van der Waals surface area contributed by atoms with Crippen molar-refractivity contribution in [2.24, 2.45) is 5.92 Å². The third kappa shape index (κ3) is 3.24. The Hall–Kier alpha value is -2.62. The van der Waals surface area contributed by atoms with Crippen molar-refractivity contribution < 1.29 is 19.5 Å². The zero-order chi connectivity index (χ0) is 19.0. The minimum absolute atomic E-state index is 0.123. The van der Waals surface area contributed by atoms with Crippen LogP contribution in [-0.2, 0) is 11.3 Å². The summed E-state index contributed by atoms with van der Waals surface area (Å²) in [4.78, 5) is 41.9. The molecule has 0 aliphatic carbocycles. The normalized spacial score (nSPS) is 19.0. The Morgan fingerprint density at radius 3 is 2.42 bits per heavy atom. The standard InChI is InChI=1S/C16H24N6O4/c1-10(2)13(18-15(24)25)14(23)19-4-6-20(7-5-19)21-9-12-8-17-11(3)22(12)16(21)26/h8,10,13,18H,4-7,9H2,1-3H3,(H,24,25)/t13-/m1/s1. The number of fused-ring (bicyclic) bond motifs is 1. The average molecular weight is 364 g/mol. The van der Waals surface area contributed by atoms with Gasteiger partial charge >= 0.3 is 12.1 Å². The van der Waals surface area contributed by atoms with Gasteiger partial charge in [-0.3, -0.25) is 9.80 Å². The van der Waals surface area contributed by atoms with Crippen molar-refractivity contribution in [1.29, 1.82) is 0 Å². The highest BCUT2D eigenvalue weighted by Crippen LogP contribution is 2.21. The van der Waals surface area contributed by atoms with Crippen molar-refractivity contribution in [2.45, 2.75) is 33.4 Å². The van der Waals surface area contributed by atoms with Crippen molar-refractivity contribution >= 4 is 18.0 Å². The predicted octanol–water partition coefficient (Wildman–Crippen LogP) is 0.327. The first kappa shape index (κ1) is 18.2. The second-order valence-corrected chi connectivity index (χ2v) is 6.92. The van der Waals surface area contributed by atoms with E-state index in [-0.39, 0.29) is 17.9 Å². The van der Waals surface area contributed by atoms with Gasteiger partial charge in [0, 0.05) is 26.2 Å². The molecule has 0 saturated carbocycles. The van der Waals surface area contributed by atoms with Crippen molar-refractivity contribution in [3.63, 3.8) is 0 Å². The first-order chi connectivity index (χ1) is 12.3. The van der Waals surface area contributed by atoms with Gasteiger partial charge in [-0.1, -0.05) is 13.8 Å². The van der Waals surface area contributed by atoms with Crippen LogP contribution in [-0.4, -0.2) is 79.8 Å². The first-order valence-electron chi connectivity index (χ1n) is 8.67. The van der Waals surface area contributed by atoms with E-state index in [9.17, 15) is 14.4 Å². The number of carboxylic acid groups (broad SMARTS) is 1. The van der Waals surface area contributed by atoms with E-state index in [0.29, 0.717) is 38.5 Å². The lowest BCUT2D eigenvalue weighted by atomic mass is 10.0. The molecule has 2 aliphatic rings. The molecule has 3 heterocycles. The predicted molar refractivity (Wildman–Crippen MR) is 91.2 cm³/mol. The molecule has 3 rings (SSSR count). The Morgan fingerprint density at radius 1 is 1.23 bits per heavy atom. The highest BCUT2D eigenvalue weighted by molar-refractivity contribution is 5.85. The van der Waals surface area contributed by atoms with Gasteiger partial charge in [-0.25, -0.2) is 24.1 Å². The van der Waals surface area contributed by atoms with E-state index in [4.69, 9.17) is 5.11 Å². The van der Waals surface area contributed by atoms with Crippen LogP contribution in [0.15, 0.2) is 6.20 Å². The topological polar surface area (TPSA) is 111 Å². The van der Waals surface area contributed by atoms with E-state index >= 15 is 0 Å². The van der Waals surface area contributed by atoms with Gasteiger partial charge in [-0.15, -0.1) is 0 Å². The molecule has 0 radical (unpaired) electrons. The molecule has 1 atom stereocenters. The highest BCUT2D eigenvalue weighted by Gasteiger charge is 2.36. The molecule has 3 amide bonds. The van der Waals surface area contributed by atoms with Crippen molar-refractivity contribution in [3.05, 3.63) is 17.7 Å². The lowest BCUT2D eigenvalue weighted by Crippen LogP contribution is -2.59. The summed E-state index contributed by atoms with van der Waals surface area (Å²) in [6, 6.07) is -0.885. The largest absolute Gasteiger partial charge is 0.465 e. The Kier molecular flexibility index (Phi) is 4.86. The minimum Gasteiger partial charge on any atom is -0.465 e. The monoisotopic (exact) mass is 364 g/mol. The zero-order valence-corrected chi connectivity index (χ0v) is 15.2. The van der Waals surface area contributed by atoms with E-state index in [0.717, 1.165) is 5.69 Å². The molecular weight excluding hydrogens is 340 g/mol. The van der Waals surface area contributed by atoms with Crippen LogP contribution < -0.4 is 5.32 Å². The minimum atomic E-state index is -1.20. The van der Waals surface area contributed by atoms with E-state index in [1.54, 1.807) is 27.6 Å². The Balaban J connectivity index is 1.60. The van der Waals surface area contributed by atoms with Crippen LogP contribution in [0.3, 0.4) is 0 Å². The van der Waals surface area contributed by atoms with Gasteiger partial charge in [0.15, 0.2) is 0 Å². The summed E-state index contributed by atoms with van der Waals surface area (Å²) >= 11 is 0. The van der Waals surface area contributed by atoms with Gasteiger partial charge in [0.2, 0.25) is 5.91 Å². The van der Waals surface area contributed by atoms with Gasteiger partial charge in [-0.05, 0) is 12.8 Å². The van der Waals surface area contributed by atoms with Crippen molar-refractivity contribution in [3.8, 4) is 0 Å². The van der Waals surface area contributed by atoms with Crippen LogP contribution in [0.2, 0.25) is 0 Å². The number of hydrogen-bond acceptors (Lipinski definition) is 5. The number of nitrogens with one attached hydrogen (secondary N) is 1. The van der Waals surface area contributed by atoms with Gasteiger partial charge in [0.25, 0.3) is 0 Å². The fourth-order valence-corrected chi connectivity index (χ4v) is 3.42. The molecule has 1 fully saturated rings. The van der Waals surface area contributed by atoms with Gasteiger partial charge in [0.05, 0.1) is 18.4 Å². The number of imidazole rings is 1. The number of hydrazine groups is 1. The molecule has 1 aromatic rings. The Morgan fingerprint density at radius 2 is 1.88 bits per heavy atom. The van der Waals surface area contributed by atoms with E-state index < -0.39 is 12.1 Å². The molecule has 1 saturated heterocycles. The summed E-state index contributed by atoms with van der Waals surface area (Å²) in [5, 5.41) is 14.9. The third-order valence-corrected chi connectivity index (χ3v) is 4.86. The lowest BCUT2D eigenvalue weighted by Gasteiger charge is -2.40. The number of amides is 3. The van der Waals surface area contributed by atoms with Crippen LogP contribution in [0.25, 0.3) is 0 Å². The molecule has 2 N–H and O–H groups in total. The summed E-state index contributed by atoms with van der Waals surface area (Å²) in [6.07, 6.45) is 0.502. The van der Waals surface area contributed by atoms with Crippen LogP contribution in [0.1, 0.15) is 25.4 Å². The second-order valence-electron chi connectivity index (χ2n) is 6.92. The number of aromatic nitrogens is 2. The molecule has 10 heteroatoms. The summed E-state index contributed by atoms with van der Waals surface area (Å²) < 4.78 is 1.60. The number of piperazine rings is 1. The molecule has 0 unspecified atom stereocenters. The summed E-state index contributed by atoms with van der Waals surface area (Å²) in [5.74, 6) is 0.306. The molecule has 0 aromatic carbocycles. The van der Waals surface area contributed by atoms with Crippen LogP contribution >= 0.6 is 0 Å². The van der Waals surface area contributed by atoms with E-state index in [1.807, 2.05) is 18.9 Å². The van der Waals surface area contributed by atoms with Crippen LogP contribution in [0.4, 0.5) is 9.59 Å². The van der Waals surface area contributed by atoms with Crippen LogP contribution in [0.5, 0.6) is 0 Å². The molecule has 1 aromatic heterocycles. The molecule has 0 bridgehead atoms. The summed E-state index contributed by atoms with van der Waals surface area (Å²) in [5.41, 5.74) is 0.858. The molecule has 26 heavy (non-hydrogen) atoms. The van der Waals surface area contributed by atoms with Crippen molar-refractivity contribution in [2.75, 3.05) is 26.2 Å². The number of hydrogen-bond donors (Lipinski definition) is 2. The highest BCUT2D eigenvalue weighted by atomic mass is 16.4. The molecule has 0 spiro atoms. The van der Waals surface area contributed by atoms with Gasteiger partial charge in [-0.2, -0.15) is 0 Å². The molecule has 142 valence electrons. The Bertz CT molecular complexity index is 722. The molecule has 10 nitrogen and oxygen atoms in total. The number of rotatable bonds is 4. The first-order valence-corrected chi connectivity index (χ1v) is 8.67. The number of aryl methyl sites for hydroxylation is 1. The fraction of sp³-hybridized carbons (Fsp3) is 0.625. The van der Waals surface area contributed by atoms with Gasteiger partial charge < -0.3 is 15.3 Å². The summed E-state index contributed by atoms with van der Waals surface area (Å²) in [7, 11) is 0.